The molecule has 1 spiro atoms. The van der Waals surface area contributed by atoms with Gasteiger partial charge in [0, 0.05) is 31.8 Å². The summed E-state index contributed by atoms with van der Waals surface area (Å²) in [6, 6.07) is 0. The quantitative estimate of drug-likeness (QED) is 0.0196. The Kier molecular flexibility index (Phi) is 23.3. The van der Waals surface area contributed by atoms with Crippen LogP contribution in [0.3, 0.4) is 0 Å². The molecule has 8 N–H and O–H groups in total. The van der Waals surface area contributed by atoms with Crippen molar-refractivity contribution in [1.29, 1.82) is 0 Å². The van der Waals surface area contributed by atoms with Crippen molar-refractivity contribution in [2.75, 3.05) is 26.9 Å². The number of aliphatic hydroxyl groups is 8. The van der Waals surface area contributed by atoms with Crippen LogP contribution >= 0.6 is 0 Å². The Morgan fingerprint density at radius 1 is 0.736 bits per heavy atom. The Bertz CT molecular complexity index is 2740. The second-order valence-corrected chi connectivity index (χ2v) is 28.3. The normalized spacial score (nSPS) is 47.1. The number of fused-ring (bicyclic) bond motifs is 4. The smallest absolute Gasteiger partial charge is 0.726 e. The van der Waals surface area contributed by atoms with Crippen molar-refractivity contribution in [1.82, 2.24) is 0 Å². The summed E-state index contributed by atoms with van der Waals surface area (Å²) >= 11 is 0. The van der Waals surface area contributed by atoms with Crippen LogP contribution < -0.4 is 59.1 Å². The number of rotatable bonds is 19. The van der Waals surface area contributed by atoms with Gasteiger partial charge in [0.2, 0.25) is 20.8 Å². The molecule has 8 fully saturated rings. The maximum Gasteiger partial charge on any atom is 1.00 e. The first-order chi connectivity index (χ1) is 39.5. The Hall–Kier alpha value is -0.390. The summed E-state index contributed by atoms with van der Waals surface area (Å²) < 4.78 is 138. The third-order valence-electron chi connectivity index (χ3n) is 20.2. The van der Waals surface area contributed by atoms with E-state index in [4.69, 9.17) is 47.4 Å². The van der Waals surface area contributed by atoms with Crippen LogP contribution in [0.15, 0.2) is 11.6 Å². The van der Waals surface area contributed by atoms with E-state index in [-0.39, 0.29) is 101 Å². The van der Waals surface area contributed by atoms with E-state index in [1.807, 2.05) is 34.6 Å². The fourth-order valence-electron chi connectivity index (χ4n) is 16.3. The molecule has 33 heteroatoms. The molecule has 5 aliphatic heterocycles. The van der Waals surface area contributed by atoms with Crippen LogP contribution in [0.1, 0.15) is 107 Å². The van der Waals surface area contributed by atoms with E-state index in [9.17, 15) is 81.2 Å². The number of esters is 1. The van der Waals surface area contributed by atoms with Crippen molar-refractivity contribution in [2.24, 2.45) is 45.3 Å². The molecular formula is C54H82Na2O29S2. The van der Waals surface area contributed by atoms with E-state index < -0.39 is 203 Å². The molecule has 87 heavy (non-hydrogen) atoms. The Morgan fingerprint density at radius 3 is 1.94 bits per heavy atom. The van der Waals surface area contributed by atoms with Gasteiger partial charge in [-0.3, -0.25) is 22.7 Å². The predicted octanol–water partition coefficient (Wildman–Crippen LogP) is -7.97. The molecule has 0 amide bonds. The summed E-state index contributed by atoms with van der Waals surface area (Å²) in [7, 11) is -9.81. The zero-order chi connectivity index (χ0) is 62.6. The monoisotopic (exact) mass is 1300 g/mol. The molecule has 486 valence electrons. The summed E-state index contributed by atoms with van der Waals surface area (Å²) in [5.74, 6) is -1.50. The third-order valence-corrected chi connectivity index (χ3v) is 21.1. The van der Waals surface area contributed by atoms with Crippen LogP contribution in [0.5, 0.6) is 0 Å². The zero-order valence-electron chi connectivity index (χ0n) is 50.7. The Morgan fingerprint density at radius 2 is 1.33 bits per heavy atom. The van der Waals surface area contributed by atoms with Crippen molar-refractivity contribution in [3.05, 3.63) is 11.6 Å². The zero-order valence-corrected chi connectivity index (χ0v) is 56.3. The molecular weight excluding hydrogens is 1220 g/mol. The largest absolute Gasteiger partial charge is 1.00 e. The molecule has 0 aromatic rings. The van der Waals surface area contributed by atoms with Gasteiger partial charge in [0.1, 0.15) is 103 Å². The van der Waals surface area contributed by atoms with Gasteiger partial charge in [-0.05, 0) is 74.5 Å². The molecule has 9 aliphatic rings. The molecule has 5 saturated heterocycles. The van der Waals surface area contributed by atoms with Crippen molar-refractivity contribution >= 4 is 38.3 Å². The van der Waals surface area contributed by atoms with Crippen LogP contribution in [-0.2, 0) is 90.9 Å². The van der Waals surface area contributed by atoms with E-state index in [0.29, 0.717) is 38.5 Å². The van der Waals surface area contributed by atoms with Crippen molar-refractivity contribution in [3.8, 4) is 0 Å². The van der Waals surface area contributed by atoms with Crippen LogP contribution in [0.2, 0.25) is 0 Å². The fraction of sp³-hybridized carbons (Fsp3) is 0.907. The number of hydrogen-bond donors (Lipinski definition) is 8. The summed E-state index contributed by atoms with van der Waals surface area (Å²) in [6.07, 6.45) is -31.0. The number of allylic oxidation sites excluding steroid dienone is 2. The Balaban J connectivity index is 0.00000541. The minimum Gasteiger partial charge on any atom is -0.726 e. The van der Waals surface area contributed by atoms with E-state index >= 15 is 0 Å². The summed E-state index contributed by atoms with van der Waals surface area (Å²) in [6.45, 7) is 12.4. The second kappa shape index (κ2) is 27.4. The second-order valence-electron chi connectivity index (χ2n) is 26.3. The molecule has 9 rings (SSSR count). The maximum absolute atomic E-state index is 14.4. The number of carbonyl (C=O) groups excluding carboxylic acids is 3. The molecule has 4 aliphatic carbocycles. The number of methoxy groups -OCH3 is 1. The molecule has 27 atom stereocenters. The first kappa shape index (κ1) is 74.0. The molecule has 5 heterocycles. The van der Waals surface area contributed by atoms with Gasteiger partial charge in [-0.1, -0.05) is 53.2 Å². The van der Waals surface area contributed by atoms with Gasteiger partial charge in [-0.2, -0.15) is 0 Å². The van der Waals surface area contributed by atoms with Crippen molar-refractivity contribution < 1.29 is 196 Å². The summed E-state index contributed by atoms with van der Waals surface area (Å²) in [4.78, 5) is 42.0. The summed E-state index contributed by atoms with van der Waals surface area (Å²) in [5.41, 5.74) is -3.41. The van der Waals surface area contributed by atoms with E-state index in [2.05, 4.69) is 21.4 Å². The first-order valence-electron chi connectivity index (χ1n) is 28.8. The molecule has 0 radical (unpaired) electrons. The number of ether oxygens (including phenoxy) is 10. The average molecular weight is 1310 g/mol. The van der Waals surface area contributed by atoms with Crippen LogP contribution in [0, 0.1) is 45.3 Å². The fourth-order valence-corrected chi connectivity index (χ4v) is 17.1. The van der Waals surface area contributed by atoms with Gasteiger partial charge in [-0.25, -0.2) is 16.8 Å². The number of aliphatic hydroxyl groups excluding tert-OH is 8. The Labute approximate surface area is 549 Å². The number of carbonyl (C=O) groups is 3. The van der Waals surface area contributed by atoms with Crippen LogP contribution in [0.25, 0.3) is 0 Å². The first-order valence-corrected chi connectivity index (χ1v) is 31.5. The van der Waals surface area contributed by atoms with E-state index in [1.54, 1.807) is 6.92 Å². The topological polar surface area (TPSA) is 438 Å². The minimum absolute atomic E-state index is 0. The van der Waals surface area contributed by atoms with E-state index in [1.165, 1.54) is 6.92 Å². The maximum atomic E-state index is 14.4. The standard InChI is InChI=1S/C54H84O29S2.2Na/c1-22(2)16-24(56)17-53(8)44-27(57)18-52(7)26-10-11-31-50(4,5)32(13-14-51(31,6)25(26)12-15-54(44,52)49(65)82-53)78-48-43(35(60)30(20-73-48)83-85(69,70)71)81-45-37(62)36(61)40(23(3)75-45)79-47-39(64)42(34(59)29(77-47)21-74-84(66,67)68)80-46-38(63)41(72-9)33(58)28(19-55)76-46;;/h10,22-23,25,28-48,55,58-64H,11-21H2,1-9H3,(H,66,67,68)(H,69,70,71);;/q;2*+1/p-2/t23-,25+,28-,29-,30-,31+,32+,33-,34-,35+,36-,37-,38-,39-,40-,41+,42+,43-,44-,45+,46+,47+,48+,51-,52+,53+,54-;;/m1../s1. The molecule has 0 aromatic carbocycles. The van der Waals surface area contributed by atoms with Gasteiger partial charge < -0.3 is 97.3 Å². The number of hydrogen-bond acceptors (Lipinski definition) is 29. The molecule has 29 nitrogen and oxygen atoms in total. The molecule has 0 aromatic heterocycles. The molecule has 3 saturated carbocycles. The van der Waals surface area contributed by atoms with Gasteiger partial charge >= 0.3 is 65.1 Å². The van der Waals surface area contributed by atoms with Gasteiger partial charge in [0.05, 0.1) is 43.4 Å². The SMILES string of the molecule is CO[C@@H]1[C@@H](O)[C@H](O[C@@H]2[C@@H](O)[C@H](O[C@H]3[C@H](O)[C@@H](O)[C@H](O[C@H]4[C@H](O[C@H]5CC[C@]6(C)[C@H]7CC[C@]89C(=O)O[C@@](C)(CC(=O)CC(C)C)[C@H]8C(=O)C[C@@]9(C)C7=CC[C@H]6C5(C)C)OC[C@@H](OS(=O)(=O)[O-])[C@@H]4O)O[C@@H]3C)O[C@H](COS(=O)(=O)[O-])[C@H]2O)O[C@H](CO)[C@H]1O.[Na+].[Na+]. The van der Waals surface area contributed by atoms with Gasteiger partial charge in [0.25, 0.3) is 0 Å². The summed E-state index contributed by atoms with van der Waals surface area (Å²) in [5, 5.41) is 89.4. The minimum atomic E-state index is -5.48. The van der Waals surface area contributed by atoms with Crippen molar-refractivity contribution in [3.63, 3.8) is 0 Å². The number of cyclic esters (lactones) is 1. The number of ketones is 2. The molecule has 0 unspecified atom stereocenters. The van der Waals surface area contributed by atoms with Crippen LogP contribution in [0.4, 0.5) is 0 Å². The molecule has 0 bridgehead atoms. The predicted molar refractivity (Wildman–Crippen MR) is 278 cm³/mol. The van der Waals surface area contributed by atoms with Gasteiger partial charge in [0.15, 0.2) is 25.2 Å². The number of Topliss-reactive ketones (excluding diaryl/α,β-unsaturated/α-hetero) is 2. The van der Waals surface area contributed by atoms with Crippen LogP contribution in [-0.4, -0.2) is 240 Å². The third kappa shape index (κ3) is 13.8. The van der Waals surface area contributed by atoms with E-state index in [0.717, 1.165) is 12.7 Å². The average Bonchev–Trinajstić information content (AvgIpc) is 1.57. The van der Waals surface area contributed by atoms with Crippen molar-refractivity contribution in [2.45, 2.75) is 235 Å². The van der Waals surface area contributed by atoms with Gasteiger partial charge in [-0.15, -0.1) is 0 Å².